The second kappa shape index (κ2) is 6.92. The molecule has 176 valence electrons. The Hall–Kier alpha value is -1.15. The summed E-state index contributed by atoms with van der Waals surface area (Å²) in [6, 6.07) is 0. The van der Waals surface area contributed by atoms with Crippen molar-refractivity contribution >= 4 is 17.3 Å². The number of ketones is 3. The topological polar surface area (TPSA) is 93.1 Å². The first-order chi connectivity index (χ1) is 13.7. The van der Waals surface area contributed by atoms with Crippen LogP contribution in [0, 0.1) is 22.2 Å². The zero-order valence-corrected chi connectivity index (χ0v) is 20.5. The number of rotatable bonds is 5. The summed E-state index contributed by atoms with van der Waals surface area (Å²) in [7, 11) is 0. The number of morpholine rings is 2. The molecule has 4 bridgehead atoms. The van der Waals surface area contributed by atoms with Crippen molar-refractivity contribution in [3.8, 4) is 0 Å². The minimum Gasteiger partial charge on any atom is -0.364 e. The van der Waals surface area contributed by atoms with Gasteiger partial charge in [0.1, 0.15) is 28.9 Å². The van der Waals surface area contributed by atoms with E-state index >= 15 is 0 Å². The first-order valence-electron chi connectivity index (χ1n) is 11.2. The lowest BCUT2D eigenvalue weighted by atomic mass is 9.63. The molecular formula is C24H39NO6. The van der Waals surface area contributed by atoms with Crippen molar-refractivity contribution in [2.45, 2.75) is 92.3 Å². The average molecular weight is 438 g/mol. The van der Waals surface area contributed by atoms with Crippen LogP contribution in [-0.4, -0.2) is 64.2 Å². The molecule has 4 fully saturated rings. The average Bonchev–Trinajstić information content (AvgIpc) is 2.48. The summed E-state index contributed by atoms with van der Waals surface area (Å²) in [6.45, 7) is 17.2. The van der Waals surface area contributed by atoms with Crippen LogP contribution < -0.4 is 0 Å². The smallest absolute Gasteiger partial charge is 0.194 e. The van der Waals surface area contributed by atoms with Crippen molar-refractivity contribution in [1.82, 2.24) is 4.90 Å². The molecule has 0 aromatic rings. The van der Waals surface area contributed by atoms with Gasteiger partial charge in [0.2, 0.25) is 0 Å². The van der Waals surface area contributed by atoms with E-state index in [-0.39, 0.29) is 36.7 Å². The van der Waals surface area contributed by atoms with Gasteiger partial charge in [-0.15, -0.1) is 0 Å². The van der Waals surface area contributed by atoms with Crippen molar-refractivity contribution in [2.24, 2.45) is 22.2 Å². The van der Waals surface area contributed by atoms with Gasteiger partial charge < -0.3 is 14.6 Å². The van der Waals surface area contributed by atoms with Crippen LogP contribution in [0.25, 0.3) is 0 Å². The van der Waals surface area contributed by atoms with Crippen molar-refractivity contribution in [3.63, 3.8) is 0 Å². The van der Waals surface area contributed by atoms with Crippen LogP contribution in [0.4, 0.5) is 0 Å². The predicted octanol–water partition coefficient (Wildman–Crippen LogP) is 2.73. The van der Waals surface area contributed by atoms with E-state index in [0.29, 0.717) is 13.1 Å². The number of hydrogen-bond acceptors (Lipinski definition) is 7. The maximum absolute atomic E-state index is 13.6. The van der Waals surface area contributed by atoms with Crippen LogP contribution in [0.2, 0.25) is 0 Å². The third-order valence-electron chi connectivity index (χ3n) is 6.70. The molecule has 1 unspecified atom stereocenters. The first kappa shape index (κ1) is 24.5. The van der Waals surface area contributed by atoms with Crippen LogP contribution in [0.1, 0.15) is 75.2 Å². The Labute approximate surface area is 185 Å². The molecule has 0 spiro atoms. The van der Waals surface area contributed by atoms with Gasteiger partial charge in [0.05, 0.1) is 19.5 Å². The molecule has 0 aliphatic carbocycles. The molecule has 4 saturated heterocycles. The van der Waals surface area contributed by atoms with Crippen LogP contribution in [0.15, 0.2) is 0 Å². The maximum atomic E-state index is 13.6. The highest BCUT2D eigenvalue weighted by atomic mass is 16.8. The van der Waals surface area contributed by atoms with Crippen molar-refractivity contribution < 1.29 is 29.0 Å². The number of piperidine rings is 1. The first-order valence-corrected chi connectivity index (χ1v) is 11.2. The van der Waals surface area contributed by atoms with E-state index in [1.54, 1.807) is 20.8 Å². The van der Waals surface area contributed by atoms with Crippen LogP contribution >= 0.6 is 0 Å². The molecule has 4 rings (SSSR count). The Bertz CT molecular complexity index is 794. The molecule has 7 nitrogen and oxygen atoms in total. The van der Waals surface area contributed by atoms with E-state index < -0.39 is 39.3 Å². The second-order valence-corrected chi connectivity index (χ2v) is 12.9. The monoisotopic (exact) mass is 437 g/mol. The molecule has 7 heteroatoms. The van der Waals surface area contributed by atoms with Crippen molar-refractivity contribution in [3.05, 3.63) is 0 Å². The second-order valence-electron chi connectivity index (χ2n) is 12.9. The van der Waals surface area contributed by atoms with Gasteiger partial charge >= 0.3 is 0 Å². The number of nitrogens with zero attached hydrogens (tertiary/aromatic N) is 1. The van der Waals surface area contributed by atoms with E-state index in [0.717, 1.165) is 0 Å². The number of carbonyl (C=O) groups excluding carboxylic acids is 3. The molecular weight excluding hydrogens is 398 g/mol. The van der Waals surface area contributed by atoms with Gasteiger partial charge in [-0.2, -0.15) is 0 Å². The lowest BCUT2D eigenvalue weighted by Gasteiger charge is -2.68. The van der Waals surface area contributed by atoms with E-state index in [2.05, 4.69) is 0 Å². The zero-order valence-electron chi connectivity index (χ0n) is 20.5. The van der Waals surface area contributed by atoms with E-state index in [1.807, 2.05) is 46.4 Å². The molecule has 31 heavy (non-hydrogen) atoms. The number of hydrogen-bond donors (Lipinski definition) is 1. The van der Waals surface area contributed by atoms with Crippen LogP contribution in [-0.2, 0) is 23.9 Å². The molecule has 0 amide bonds. The maximum Gasteiger partial charge on any atom is 0.194 e. The summed E-state index contributed by atoms with van der Waals surface area (Å²) in [5.41, 5.74) is -3.24. The number of ether oxygens (including phenoxy) is 2. The highest BCUT2D eigenvalue weighted by Crippen LogP contribution is 2.56. The van der Waals surface area contributed by atoms with Crippen LogP contribution in [0.3, 0.4) is 0 Å². The number of Topliss-reactive ketones (excluding diaryl/α,β-unsaturated/α-hetero) is 3. The van der Waals surface area contributed by atoms with E-state index in [1.165, 1.54) is 0 Å². The predicted molar refractivity (Wildman–Crippen MR) is 115 cm³/mol. The Morgan fingerprint density at radius 1 is 0.806 bits per heavy atom. The van der Waals surface area contributed by atoms with Crippen molar-refractivity contribution in [1.29, 1.82) is 0 Å². The van der Waals surface area contributed by atoms with Gasteiger partial charge in [-0.05, 0) is 0 Å². The van der Waals surface area contributed by atoms with Gasteiger partial charge in [0, 0.05) is 29.2 Å². The Balaban J connectivity index is 2.09. The minimum absolute atomic E-state index is 0.0172. The van der Waals surface area contributed by atoms with Gasteiger partial charge in [-0.25, -0.2) is 0 Å². The molecule has 4 heterocycles. The Morgan fingerprint density at radius 3 is 1.81 bits per heavy atom. The quantitative estimate of drug-likeness (QED) is 0.707. The Kier molecular flexibility index (Phi) is 5.47. The minimum atomic E-state index is -1.81. The van der Waals surface area contributed by atoms with Crippen molar-refractivity contribution in [2.75, 3.05) is 19.6 Å². The molecule has 0 saturated carbocycles. The molecule has 4 aliphatic heterocycles. The van der Waals surface area contributed by atoms with Gasteiger partial charge in [0.15, 0.2) is 11.6 Å². The normalized spacial score (nSPS) is 37.7. The summed E-state index contributed by atoms with van der Waals surface area (Å²) in [4.78, 5) is 41.6. The molecule has 1 N–H and O–H groups in total. The molecule has 0 aromatic carbocycles. The SMILES string of the molecule is CC(C)(C)C(=O)C[C@]12CN3C[C@](CC(=O)C(C)(C)C)(O1)[C@@H](C(=O)C(C)(C)C)[C@@](O)(C3)O2. The highest BCUT2D eigenvalue weighted by molar-refractivity contribution is 5.91. The summed E-state index contributed by atoms with van der Waals surface area (Å²) in [5, 5.41) is 11.7. The van der Waals surface area contributed by atoms with Gasteiger partial charge in [0.25, 0.3) is 0 Å². The van der Waals surface area contributed by atoms with Crippen LogP contribution in [0.5, 0.6) is 0 Å². The molecule has 0 aromatic heterocycles. The lowest BCUT2D eigenvalue weighted by Crippen LogP contribution is -2.84. The van der Waals surface area contributed by atoms with E-state index in [4.69, 9.17) is 9.47 Å². The molecule has 0 radical (unpaired) electrons. The summed E-state index contributed by atoms with van der Waals surface area (Å²) >= 11 is 0. The standard InChI is InChI=1S/C24H39NO6/c1-19(2,3)15(26)10-22-12-25-13-23(30-22,11-16(27)20(4,5)6)31-24(29,14-25)17(22)18(28)21(7,8)9/h17,29H,10-14H2,1-9H3/t17-,22+,23+,24-/m1/s1. The van der Waals surface area contributed by atoms with Gasteiger partial charge in [-0.3, -0.25) is 19.3 Å². The fraction of sp³-hybridized carbons (Fsp3) is 0.875. The van der Waals surface area contributed by atoms with Gasteiger partial charge in [-0.1, -0.05) is 62.3 Å². The lowest BCUT2D eigenvalue weighted by molar-refractivity contribution is -0.489. The summed E-state index contributed by atoms with van der Waals surface area (Å²) in [6.07, 6.45) is -0.0617. The van der Waals surface area contributed by atoms with E-state index in [9.17, 15) is 19.5 Å². The largest absolute Gasteiger partial charge is 0.364 e. The summed E-state index contributed by atoms with van der Waals surface area (Å²) < 4.78 is 12.7. The number of aliphatic hydroxyl groups is 1. The number of carbonyl (C=O) groups is 3. The zero-order chi connectivity index (χ0) is 23.8. The highest BCUT2D eigenvalue weighted by Gasteiger charge is 2.73. The third kappa shape index (κ3) is 4.26. The fourth-order valence-electron chi connectivity index (χ4n) is 5.01. The Morgan fingerprint density at radius 2 is 1.32 bits per heavy atom. The fourth-order valence-corrected chi connectivity index (χ4v) is 5.01. The third-order valence-corrected chi connectivity index (χ3v) is 6.70. The summed E-state index contributed by atoms with van der Waals surface area (Å²) in [5.74, 6) is -4.51. The molecule has 4 aliphatic rings. The molecule has 5 atom stereocenters.